The highest BCUT2D eigenvalue weighted by Gasteiger charge is 2.13. The number of anilines is 1. The van der Waals surface area contributed by atoms with Crippen LogP contribution in [0.2, 0.25) is 5.02 Å². The highest BCUT2D eigenvalue weighted by molar-refractivity contribution is 6.30. The van der Waals surface area contributed by atoms with Crippen molar-refractivity contribution >= 4 is 23.4 Å². The minimum Gasteiger partial charge on any atom is -0.478 e. The molecule has 4 nitrogen and oxygen atoms in total. The van der Waals surface area contributed by atoms with Crippen molar-refractivity contribution in [1.82, 2.24) is 4.98 Å². The molecule has 0 bridgehead atoms. The number of aromatic nitrogens is 1. The van der Waals surface area contributed by atoms with Gasteiger partial charge in [-0.2, -0.15) is 0 Å². The molecule has 82 valence electrons. The van der Waals surface area contributed by atoms with E-state index in [1.54, 1.807) is 0 Å². The Kier molecular flexibility index (Phi) is 3.79. The molecule has 0 aliphatic carbocycles. The van der Waals surface area contributed by atoms with Gasteiger partial charge in [-0.3, -0.25) is 0 Å². The molecule has 0 unspecified atom stereocenters. The molecule has 0 aliphatic rings. The summed E-state index contributed by atoms with van der Waals surface area (Å²) in [6.07, 6.45) is -1.40. The van der Waals surface area contributed by atoms with Crippen LogP contribution >= 0.6 is 11.6 Å². The average Bonchev–Trinajstić information content (AvgIpc) is 2.15. The van der Waals surface area contributed by atoms with Gasteiger partial charge in [0.2, 0.25) is 0 Å². The summed E-state index contributed by atoms with van der Waals surface area (Å²) in [5, 5.41) is 11.1. The standard InChI is InChI=1S/C8H7ClF2N2O2/c9-4-1-5(8(14)15)7(12-2-4)13-3-6(10)11/h1-2,6H,3H2,(H,12,13)(H,14,15). The Morgan fingerprint density at radius 1 is 1.67 bits per heavy atom. The van der Waals surface area contributed by atoms with Gasteiger partial charge in [0, 0.05) is 6.20 Å². The number of nitrogens with one attached hydrogen (secondary N) is 1. The van der Waals surface area contributed by atoms with Crippen LogP contribution in [-0.2, 0) is 0 Å². The Balaban J connectivity index is 2.91. The van der Waals surface area contributed by atoms with Gasteiger partial charge in [-0.15, -0.1) is 0 Å². The third-order valence-corrected chi connectivity index (χ3v) is 1.72. The molecular formula is C8H7ClF2N2O2. The van der Waals surface area contributed by atoms with E-state index >= 15 is 0 Å². The van der Waals surface area contributed by atoms with Crippen LogP contribution in [0, 0.1) is 0 Å². The quantitative estimate of drug-likeness (QED) is 0.841. The van der Waals surface area contributed by atoms with Gasteiger partial charge in [-0.1, -0.05) is 11.6 Å². The molecule has 15 heavy (non-hydrogen) atoms. The molecule has 1 heterocycles. The van der Waals surface area contributed by atoms with Crippen LogP contribution in [0.25, 0.3) is 0 Å². The fraction of sp³-hybridized carbons (Fsp3) is 0.250. The lowest BCUT2D eigenvalue weighted by molar-refractivity contribution is 0.0697. The molecule has 0 amide bonds. The summed E-state index contributed by atoms with van der Waals surface area (Å²) in [4.78, 5) is 14.3. The van der Waals surface area contributed by atoms with Gasteiger partial charge in [0.1, 0.15) is 11.4 Å². The van der Waals surface area contributed by atoms with Gasteiger partial charge in [0.15, 0.2) is 0 Å². The average molecular weight is 237 g/mol. The summed E-state index contributed by atoms with van der Waals surface area (Å²) in [6, 6.07) is 1.14. The molecule has 0 atom stereocenters. The number of hydrogen-bond donors (Lipinski definition) is 2. The maximum absolute atomic E-state index is 11.9. The molecule has 0 aromatic carbocycles. The zero-order chi connectivity index (χ0) is 11.4. The Morgan fingerprint density at radius 3 is 2.87 bits per heavy atom. The van der Waals surface area contributed by atoms with E-state index in [1.165, 1.54) is 6.20 Å². The van der Waals surface area contributed by atoms with Crippen molar-refractivity contribution < 1.29 is 18.7 Å². The predicted octanol–water partition coefficient (Wildman–Crippen LogP) is 2.11. The maximum atomic E-state index is 11.9. The molecule has 0 radical (unpaired) electrons. The van der Waals surface area contributed by atoms with E-state index in [-0.39, 0.29) is 16.4 Å². The van der Waals surface area contributed by atoms with Crippen LogP contribution in [-0.4, -0.2) is 29.0 Å². The third-order valence-electron chi connectivity index (χ3n) is 1.51. The monoisotopic (exact) mass is 236 g/mol. The fourth-order valence-electron chi connectivity index (χ4n) is 0.917. The van der Waals surface area contributed by atoms with Gasteiger partial charge in [-0.25, -0.2) is 18.6 Å². The number of carbonyl (C=O) groups is 1. The van der Waals surface area contributed by atoms with Crippen molar-refractivity contribution in [1.29, 1.82) is 0 Å². The van der Waals surface area contributed by atoms with Gasteiger partial charge in [0.05, 0.1) is 11.6 Å². The number of nitrogens with zero attached hydrogens (tertiary/aromatic N) is 1. The summed E-state index contributed by atoms with van der Waals surface area (Å²) in [5.74, 6) is -1.39. The van der Waals surface area contributed by atoms with E-state index in [0.717, 1.165) is 6.07 Å². The summed E-state index contributed by atoms with van der Waals surface area (Å²) in [7, 11) is 0. The van der Waals surface area contributed by atoms with Crippen molar-refractivity contribution in [2.24, 2.45) is 0 Å². The Morgan fingerprint density at radius 2 is 2.33 bits per heavy atom. The molecule has 0 saturated heterocycles. The first-order valence-electron chi connectivity index (χ1n) is 3.91. The van der Waals surface area contributed by atoms with Crippen LogP contribution in [0.15, 0.2) is 12.3 Å². The van der Waals surface area contributed by atoms with E-state index < -0.39 is 18.9 Å². The molecule has 2 N–H and O–H groups in total. The van der Waals surface area contributed by atoms with Crippen molar-refractivity contribution in [2.75, 3.05) is 11.9 Å². The molecule has 1 rings (SSSR count). The lowest BCUT2D eigenvalue weighted by Crippen LogP contribution is -2.14. The minimum absolute atomic E-state index is 0.118. The summed E-state index contributed by atoms with van der Waals surface area (Å²) >= 11 is 5.52. The normalized spacial score (nSPS) is 10.4. The number of halogens is 3. The minimum atomic E-state index is -2.58. The van der Waals surface area contributed by atoms with E-state index in [9.17, 15) is 13.6 Å². The molecular weight excluding hydrogens is 230 g/mol. The number of carboxylic acids is 1. The fourth-order valence-corrected chi connectivity index (χ4v) is 1.07. The first-order valence-corrected chi connectivity index (χ1v) is 4.29. The van der Waals surface area contributed by atoms with Crippen LogP contribution in [0.5, 0.6) is 0 Å². The topological polar surface area (TPSA) is 62.2 Å². The van der Waals surface area contributed by atoms with Crippen LogP contribution in [0.4, 0.5) is 14.6 Å². The smallest absolute Gasteiger partial charge is 0.339 e. The molecule has 0 spiro atoms. The molecule has 0 saturated carbocycles. The first kappa shape index (κ1) is 11.6. The first-order chi connectivity index (χ1) is 7.00. The zero-order valence-corrected chi connectivity index (χ0v) is 8.13. The molecule has 7 heteroatoms. The molecule has 0 fully saturated rings. The summed E-state index contributed by atoms with van der Waals surface area (Å²) in [6.45, 7) is -0.658. The SMILES string of the molecule is O=C(O)c1cc(Cl)cnc1NCC(F)F. The second-order valence-electron chi connectivity index (χ2n) is 2.63. The van der Waals surface area contributed by atoms with E-state index in [2.05, 4.69) is 10.3 Å². The highest BCUT2D eigenvalue weighted by atomic mass is 35.5. The summed E-state index contributed by atoms with van der Waals surface area (Å²) in [5.41, 5.74) is -0.233. The number of hydrogen-bond acceptors (Lipinski definition) is 3. The highest BCUT2D eigenvalue weighted by Crippen LogP contribution is 2.17. The van der Waals surface area contributed by atoms with Crippen LogP contribution in [0.1, 0.15) is 10.4 Å². The molecule has 1 aromatic rings. The van der Waals surface area contributed by atoms with Gasteiger partial charge in [0.25, 0.3) is 6.43 Å². The van der Waals surface area contributed by atoms with Gasteiger partial charge < -0.3 is 10.4 Å². The largest absolute Gasteiger partial charge is 0.478 e. The lowest BCUT2D eigenvalue weighted by atomic mass is 10.2. The Hall–Kier alpha value is -1.43. The number of aromatic carboxylic acids is 1. The van der Waals surface area contributed by atoms with Crippen molar-refractivity contribution in [2.45, 2.75) is 6.43 Å². The molecule has 1 aromatic heterocycles. The van der Waals surface area contributed by atoms with Crippen molar-refractivity contribution in [3.63, 3.8) is 0 Å². The number of pyridine rings is 1. The Bertz CT molecular complexity index is 374. The Labute approximate surface area is 88.9 Å². The van der Waals surface area contributed by atoms with Crippen LogP contribution < -0.4 is 5.32 Å². The van der Waals surface area contributed by atoms with E-state index in [0.29, 0.717) is 0 Å². The lowest BCUT2D eigenvalue weighted by Gasteiger charge is -2.07. The zero-order valence-electron chi connectivity index (χ0n) is 7.38. The third kappa shape index (κ3) is 3.32. The van der Waals surface area contributed by atoms with E-state index in [1.807, 2.05) is 0 Å². The van der Waals surface area contributed by atoms with Crippen LogP contribution in [0.3, 0.4) is 0 Å². The van der Waals surface area contributed by atoms with Crippen molar-refractivity contribution in [3.05, 3.63) is 22.8 Å². The maximum Gasteiger partial charge on any atom is 0.339 e. The van der Waals surface area contributed by atoms with Gasteiger partial charge >= 0.3 is 5.97 Å². The second kappa shape index (κ2) is 4.88. The number of rotatable bonds is 4. The van der Waals surface area contributed by atoms with Crippen molar-refractivity contribution in [3.8, 4) is 0 Å². The van der Waals surface area contributed by atoms with Gasteiger partial charge in [-0.05, 0) is 6.07 Å². The predicted molar refractivity (Wildman–Crippen MR) is 50.7 cm³/mol. The number of carboxylic acid groups (broad SMARTS) is 1. The van der Waals surface area contributed by atoms with E-state index in [4.69, 9.17) is 16.7 Å². The molecule has 0 aliphatic heterocycles. The second-order valence-corrected chi connectivity index (χ2v) is 3.06. The number of alkyl halides is 2. The summed E-state index contributed by atoms with van der Waals surface area (Å²) < 4.78 is 23.7.